The van der Waals surface area contributed by atoms with Crippen molar-refractivity contribution in [3.63, 3.8) is 0 Å². The van der Waals surface area contributed by atoms with E-state index in [1.54, 1.807) is 6.07 Å². The van der Waals surface area contributed by atoms with E-state index in [2.05, 4.69) is 11.4 Å². The molecule has 0 aromatic heterocycles. The lowest BCUT2D eigenvalue weighted by molar-refractivity contribution is 0.314. The van der Waals surface area contributed by atoms with Gasteiger partial charge < -0.3 is 10.1 Å². The van der Waals surface area contributed by atoms with Crippen LogP contribution in [0.15, 0.2) is 36.4 Å². The smallest absolute Gasteiger partial charge is 0.127 e. The summed E-state index contributed by atoms with van der Waals surface area (Å²) < 4.78 is 19.3. The van der Waals surface area contributed by atoms with Crippen LogP contribution >= 0.6 is 11.6 Å². The van der Waals surface area contributed by atoms with Crippen molar-refractivity contribution in [2.75, 3.05) is 11.9 Å². The fourth-order valence-electron chi connectivity index (χ4n) is 2.75. The van der Waals surface area contributed by atoms with Gasteiger partial charge in [0.2, 0.25) is 0 Å². The molecule has 0 fully saturated rings. The molecule has 0 radical (unpaired) electrons. The van der Waals surface area contributed by atoms with Crippen LogP contribution in [0.5, 0.6) is 5.75 Å². The van der Waals surface area contributed by atoms with Gasteiger partial charge in [-0.2, -0.15) is 0 Å². The first kappa shape index (κ1) is 14.2. The molecular weight excluding hydrogens is 289 g/mol. The van der Waals surface area contributed by atoms with Crippen LogP contribution in [-0.4, -0.2) is 6.61 Å². The van der Waals surface area contributed by atoms with Crippen LogP contribution in [0.2, 0.25) is 5.02 Å². The summed E-state index contributed by atoms with van der Waals surface area (Å²) in [5.41, 5.74) is 2.94. The number of hydrogen-bond donors (Lipinski definition) is 1. The van der Waals surface area contributed by atoms with Gasteiger partial charge in [-0.3, -0.25) is 0 Å². The second-order valence-electron chi connectivity index (χ2n) is 5.34. The molecule has 3 rings (SSSR count). The van der Waals surface area contributed by atoms with Crippen molar-refractivity contribution in [1.29, 1.82) is 0 Å². The summed E-state index contributed by atoms with van der Waals surface area (Å²) in [6.07, 6.45) is 1.89. The lowest BCUT2D eigenvalue weighted by Gasteiger charge is -2.20. The fraction of sp³-hybridized carbons (Fsp3) is 0.294. The zero-order valence-corrected chi connectivity index (χ0v) is 12.6. The van der Waals surface area contributed by atoms with Crippen molar-refractivity contribution in [2.24, 2.45) is 0 Å². The molecule has 1 unspecified atom stereocenters. The van der Waals surface area contributed by atoms with Gasteiger partial charge in [-0.05, 0) is 43.5 Å². The van der Waals surface area contributed by atoms with Gasteiger partial charge in [0.1, 0.15) is 11.6 Å². The summed E-state index contributed by atoms with van der Waals surface area (Å²) in [6.45, 7) is 2.75. The number of benzene rings is 2. The quantitative estimate of drug-likeness (QED) is 0.832. The predicted octanol–water partition coefficient (Wildman–Crippen LogP) is 5.11. The number of rotatable bonds is 2. The predicted molar refractivity (Wildman–Crippen MR) is 83.7 cm³/mol. The maximum absolute atomic E-state index is 13.5. The summed E-state index contributed by atoms with van der Waals surface area (Å²) in [5.74, 6) is 0.606. The molecule has 2 aromatic carbocycles. The Morgan fingerprint density at radius 2 is 2.14 bits per heavy atom. The molecule has 4 heteroatoms. The van der Waals surface area contributed by atoms with Crippen LogP contribution in [0.1, 0.15) is 30.0 Å². The monoisotopic (exact) mass is 305 g/mol. The number of para-hydroxylation sites is 1. The van der Waals surface area contributed by atoms with Gasteiger partial charge in [-0.15, -0.1) is 0 Å². The molecule has 21 heavy (non-hydrogen) atoms. The Hall–Kier alpha value is -1.74. The van der Waals surface area contributed by atoms with Crippen LogP contribution in [0.25, 0.3) is 0 Å². The molecule has 0 saturated carbocycles. The van der Waals surface area contributed by atoms with Crippen LogP contribution in [0, 0.1) is 12.7 Å². The van der Waals surface area contributed by atoms with Crippen molar-refractivity contribution >= 4 is 17.3 Å². The molecule has 2 aromatic rings. The molecule has 1 aliphatic rings. The Bertz CT molecular complexity index is 639. The fourth-order valence-corrected chi connectivity index (χ4v) is 2.97. The molecule has 1 heterocycles. The van der Waals surface area contributed by atoms with E-state index in [0.29, 0.717) is 17.3 Å². The van der Waals surface area contributed by atoms with Gasteiger partial charge in [0, 0.05) is 16.3 Å². The number of fused-ring (bicyclic) bond motifs is 1. The summed E-state index contributed by atoms with van der Waals surface area (Å²) in [4.78, 5) is 0. The Kier molecular flexibility index (Phi) is 4.02. The number of nitrogens with one attached hydrogen (secondary N) is 1. The van der Waals surface area contributed by atoms with Gasteiger partial charge >= 0.3 is 0 Å². The molecule has 0 amide bonds. The van der Waals surface area contributed by atoms with Crippen LogP contribution in [0.3, 0.4) is 0 Å². The van der Waals surface area contributed by atoms with E-state index in [4.69, 9.17) is 16.3 Å². The van der Waals surface area contributed by atoms with Crippen LogP contribution < -0.4 is 10.1 Å². The lowest BCUT2D eigenvalue weighted by Crippen LogP contribution is -2.10. The number of aryl methyl sites for hydroxylation is 1. The highest BCUT2D eigenvalue weighted by molar-refractivity contribution is 6.30. The summed E-state index contributed by atoms with van der Waals surface area (Å²) >= 11 is 5.92. The van der Waals surface area contributed by atoms with Crippen molar-refractivity contribution in [2.45, 2.75) is 25.8 Å². The number of halogens is 2. The third-order valence-electron chi connectivity index (χ3n) is 3.70. The minimum absolute atomic E-state index is 0.0975. The standard InChI is InChI=1S/C17H17ClFNO/c1-11-4-2-5-15-16(6-3-7-21-17(11)15)20-14-9-12(18)8-13(19)10-14/h2,4-5,8-10,16,20H,3,6-7H2,1H3. The molecule has 0 spiro atoms. The molecule has 1 aliphatic heterocycles. The van der Waals surface area contributed by atoms with Crippen molar-refractivity contribution in [3.05, 3.63) is 58.4 Å². The van der Waals surface area contributed by atoms with Crippen LogP contribution in [-0.2, 0) is 0 Å². The molecule has 1 atom stereocenters. The van der Waals surface area contributed by atoms with E-state index in [9.17, 15) is 4.39 Å². The second-order valence-corrected chi connectivity index (χ2v) is 5.78. The zero-order valence-electron chi connectivity index (χ0n) is 11.8. The molecule has 1 N–H and O–H groups in total. The van der Waals surface area contributed by atoms with Gasteiger partial charge in [0.05, 0.1) is 12.6 Å². The molecule has 2 nitrogen and oxygen atoms in total. The molecular formula is C17H17ClFNO. The molecule has 0 saturated heterocycles. The summed E-state index contributed by atoms with van der Waals surface area (Å²) in [6, 6.07) is 10.7. The van der Waals surface area contributed by atoms with E-state index in [-0.39, 0.29) is 11.9 Å². The largest absolute Gasteiger partial charge is 0.493 e. The average Bonchev–Trinajstić information content (AvgIpc) is 2.62. The van der Waals surface area contributed by atoms with E-state index < -0.39 is 0 Å². The van der Waals surface area contributed by atoms with Crippen molar-refractivity contribution in [3.8, 4) is 5.75 Å². The van der Waals surface area contributed by atoms with Crippen molar-refractivity contribution in [1.82, 2.24) is 0 Å². The minimum Gasteiger partial charge on any atom is -0.493 e. The topological polar surface area (TPSA) is 21.3 Å². The van der Waals surface area contributed by atoms with Crippen molar-refractivity contribution < 1.29 is 9.13 Å². The lowest BCUT2D eigenvalue weighted by atomic mass is 9.99. The Morgan fingerprint density at radius 1 is 1.29 bits per heavy atom. The summed E-state index contributed by atoms with van der Waals surface area (Å²) in [7, 11) is 0. The molecule has 0 aliphatic carbocycles. The Labute approximate surface area is 128 Å². The second kappa shape index (κ2) is 5.94. The average molecular weight is 306 g/mol. The van der Waals surface area contributed by atoms with Gasteiger partial charge in [0.15, 0.2) is 0 Å². The first-order valence-corrected chi connectivity index (χ1v) is 7.46. The number of hydrogen-bond acceptors (Lipinski definition) is 2. The zero-order chi connectivity index (χ0) is 14.8. The van der Waals surface area contributed by atoms with Gasteiger partial charge in [0.25, 0.3) is 0 Å². The molecule has 0 bridgehead atoms. The first-order valence-electron chi connectivity index (χ1n) is 7.08. The molecule has 110 valence electrons. The third-order valence-corrected chi connectivity index (χ3v) is 3.92. The maximum atomic E-state index is 13.5. The number of ether oxygens (including phenoxy) is 1. The minimum atomic E-state index is -0.334. The van der Waals surface area contributed by atoms with E-state index in [0.717, 1.165) is 29.7 Å². The Balaban J connectivity index is 1.94. The highest BCUT2D eigenvalue weighted by atomic mass is 35.5. The highest BCUT2D eigenvalue weighted by Crippen LogP contribution is 2.36. The van der Waals surface area contributed by atoms with Gasteiger partial charge in [-0.1, -0.05) is 29.8 Å². The SMILES string of the molecule is Cc1cccc2c1OCCCC2Nc1cc(F)cc(Cl)c1. The first-order chi connectivity index (χ1) is 10.1. The maximum Gasteiger partial charge on any atom is 0.127 e. The highest BCUT2D eigenvalue weighted by Gasteiger charge is 2.21. The van der Waals surface area contributed by atoms with E-state index in [1.165, 1.54) is 12.1 Å². The van der Waals surface area contributed by atoms with Crippen LogP contribution in [0.4, 0.5) is 10.1 Å². The van der Waals surface area contributed by atoms with E-state index >= 15 is 0 Å². The number of anilines is 1. The third kappa shape index (κ3) is 3.13. The summed E-state index contributed by atoms with van der Waals surface area (Å²) in [5, 5.41) is 3.78. The van der Waals surface area contributed by atoms with E-state index in [1.807, 2.05) is 19.1 Å². The van der Waals surface area contributed by atoms with Gasteiger partial charge in [-0.25, -0.2) is 4.39 Å². The normalized spacial score (nSPS) is 17.6. The Morgan fingerprint density at radius 3 is 2.95 bits per heavy atom.